The van der Waals surface area contributed by atoms with Crippen molar-refractivity contribution in [3.63, 3.8) is 0 Å². The number of aromatic nitrogens is 1. The first-order valence-corrected chi connectivity index (χ1v) is 6.82. The molecule has 1 aromatic carbocycles. The van der Waals surface area contributed by atoms with E-state index in [9.17, 15) is 18.4 Å². The average molecular weight is 319 g/mol. The Bertz CT molecular complexity index is 733. The van der Waals surface area contributed by atoms with Gasteiger partial charge < -0.3 is 10.6 Å². The topological polar surface area (TPSA) is 71.1 Å². The first-order chi connectivity index (χ1) is 10.9. The van der Waals surface area contributed by atoms with Crippen molar-refractivity contribution in [2.75, 3.05) is 7.05 Å². The summed E-state index contributed by atoms with van der Waals surface area (Å²) in [5, 5.41) is 4.86. The number of rotatable bonds is 4. The number of aryl methyl sites for hydroxylation is 1. The number of carbonyl (C=O) groups excluding carboxylic acids is 2. The molecule has 2 amide bonds. The van der Waals surface area contributed by atoms with Crippen molar-refractivity contribution in [3.05, 3.63) is 65.0 Å². The minimum atomic E-state index is -1.15. The fourth-order valence-electron chi connectivity index (χ4n) is 1.95. The standard InChI is InChI=1S/C16H15F2N3O2/c1-9-3-4-11(8-20-9)15(22)21-14(16(23)19-2)10-5-6-12(17)13(18)7-10/h3-8,14H,1-2H3,(H,19,23)(H,21,22). The second kappa shape index (κ2) is 6.95. The molecule has 23 heavy (non-hydrogen) atoms. The molecular formula is C16H15F2N3O2. The molecule has 2 N–H and O–H groups in total. The molecule has 0 aliphatic carbocycles. The van der Waals surface area contributed by atoms with Gasteiger partial charge in [-0.25, -0.2) is 8.78 Å². The second-order valence-corrected chi connectivity index (χ2v) is 4.88. The number of likely N-dealkylation sites (N-methyl/N-ethyl adjacent to an activating group) is 1. The Morgan fingerprint density at radius 3 is 2.43 bits per heavy atom. The van der Waals surface area contributed by atoms with E-state index in [1.54, 1.807) is 19.1 Å². The normalized spacial score (nSPS) is 11.7. The third-order valence-corrected chi connectivity index (χ3v) is 3.23. The number of benzene rings is 1. The molecule has 0 radical (unpaired) electrons. The molecule has 0 aliphatic rings. The van der Waals surface area contributed by atoms with Crippen LogP contribution >= 0.6 is 0 Å². The lowest BCUT2D eigenvalue weighted by atomic mass is 10.1. The Labute approximate surface area is 131 Å². The number of halogens is 2. The van der Waals surface area contributed by atoms with Crippen LogP contribution in [0.5, 0.6) is 0 Å². The highest BCUT2D eigenvalue weighted by Crippen LogP contribution is 2.17. The fourth-order valence-corrected chi connectivity index (χ4v) is 1.95. The van der Waals surface area contributed by atoms with Crippen molar-refractivity contribution >= 4 is 11.8 Å². The minimum absolute atomic E-state index is 0.136. The van der Waals surface area contributed by atoms with E-state index >= 15 is 0 Å². The van der Waals surface area contributed by atoms with Crippen LogP contribution in [-0.2, 0) is 4.79 Å². The van der Waals surface area contributed by atoms with Gasteiger partial charge in [-0.3, -0.25) is 14.6 Å². The lowest BCUT2D eigenvalue weighted by Crippen LogP contribution is -2.39. The molecule has 1 heterocycles. The van der Waals surface area contributed by atoms with Crippen molar-refractivity contribution in [3.8, 4) is 0 Å². The van der Waals surface area contributed by atoms with Crippen molar-refractivity contribution in [2.45, 2.75) is 13.0 Å². The van der Waals surface area contributed by atoms with Gasteiger partial charge in [0.25, 0.3) is 5.91 Å². The van der Waals surface area contributed by atoms with Crippen molar-refractivity contribution < 1.29 is 18.4 Å². The highest BCUT2D eigenvalue weighted by molar-refractivity contribution is 5.97. The Balaban J connectivity index is 2.28. The molecule has 120 valence electrons. The average Bonchev–Trinajstić information content (AvgIpc) is 2.55. The zero-order valence-corrected chi connectivity index (χ0v) is 12.6. The van der Waals surface area contributed by atoms with Crippen molar-refractivity contribution in [2.24, 2.45) is 0 Å². The van der Waals surface area contributed by atoms with Gasteiger partial charge in [0.15, 0.2) is 11.6 Å². The number of hydrogen-bond acceptors (Lipinski definition) is 3. The summed E-state index contributed by atoms with van der Waals surface area (Å²) < 4.78 is 26.4. The maximum atomic E-state index is 13.4. The number of amides is 2. The third-order valence-electron chi connectivity index (χ3n) is 3.23. The summed E-state index contributed by atoms with van der Waals surface area (Å²) in [5.41, 5.74) is 1.13. The lowest BCUT2D eigenvalue weighted by Gasteiger charge is -2.18. The molecule has 1 atom stereocenters. The molecule has 7 heteroatoms. The van der Waals surface area contributed by atoms with Gasteiger partial charge in [0.2, 0.25) is 5.91 Å². The Hall–Kier alpha value is -2.83. The van der Waals surface area contributed by atoms with E-state index in [1.807, 2.05) is 0 Å². The van der Waals surface area contributed by atoms with E-state index in [2.05, 4.69) is 15.6 Å². The molecule has 2 aromatic rings. The highest BCUT2D eigenvalue weighted by atomic mass is 19.2. The maximum Gasteiger partial charge on any atom is 0.253 e. The maximum absolute atomic E-state index is 13.4. The molecule has 0 saturated carbocycles. The zero-order valence-electron chi connectivity index (χ0n) is 12.6. The summed E-state index contributed by atoms with van der Waals surface area (Å²) >= 11 is 0. The van der Waals surface area contributed by atoms with Crippen LogP contribution in [0, 0.1) is 18.6 Å². The summed E-state index contributed by atoms with van der Waals surface area (Å²) in [4.78, 5) is 28.2. The monoisotopic (exact) mass is 319 g/mol. The quantitative estimate of drug-likeness (QED) is 0.904. The van der Waals surface area contributed by atoms with Gasteiger partial charge in [0.05, 0.1) is 5.56 Å². The van der Waals surface area contributed by atoms with Gasteiger partial charge in [0.1, 0.15) is 6.04 Å². The summed E-state index contributed by atoms with van der Waals surface area (Å²) in [6, 6.07) is 5.09. The summed E-state index contributed by atoms with van der Waals surface area (Å²) in [7, 11) is 1.38. The van der Waals surface area contributed by atoms with Crippen molar-refractivity contribution in [1.82, 2.24) is 15.6 Å². The van der Waals surface area contributed by atoms with Crippen LogP contribution in [0.3, 0.4) is 0 Å². The molecule has 0 saturated heterocycles. The molecule has 0 spiro atoms. The predicted molar refractivity (Wildman–Crippen MR) is 79.6 cm³/mol. The molecule has 1 unspecified atom stereocenters. The van der Waals surface area contributed by atoms with Crippen LogP contribution < -0.4 is 10.6 Å². The van der Waals surface area contributed by atoms with Gasteiger partial charge in [-0.05, 0) is 36.8 Å². The van der Waals surface area contributed by atoms with E-state index in [1.165, 1.54) is 19.3 Å². The van der Waals surface area contributed by atoms with Gasteiger partial charge >= 0.3 is 0 Å². The number of nitrogens with zero attached hydrogens (tertiary/aromatic N) is 1. The summed E-state index contributed by atoms with van der Waals surface area (Å²) in [5.74, 6) is -3.22. The van der Waals surface area contributed by atoms with E-state index in [-0.39, 0.29) is 11.1 Å². The molecule has 0 aliphatic heterocycles. The Kier molecular flexibility index (Phi) is 5.00. The summed E-state index contributed by atoms with van der Waals surface area (Å²) in [6.07, 6.45) is 1.37. The molecule has 5 nitrogen and oxygen atoms in total. The van der Waals surface area contributed by atoms with Crippen molar-refractivity contribution in [1.29, 1.82) is 0 Å². The van der Waals surface area contributed by atoms with E-state index in [0.717, 1.165) is 17.8 Å². The van der Waals surface area contributed by atoms with E-state index in [4.69, 9.17) is 0 Å². The van der Waals surface area contributed by atoms with Crippen LogP contribution in [0.4, 0.5) is 8.78 Å². The van der Waals surface area contributed by atoms with E-state index < -0.39 is 29.5 Å². The lowest BCUT2D eigenvalue weighted by molar-refractivity contribution is -0.122. The largest absolute Gasteiger partial charge is 0.357 e. The number of pyridine rings is 1. The van der Waals surface area contributed by atoms with Crippen LogP contribution in [0.25, 0.3) is 0 Å². The van der Waals surface area contributed by atoms with Gasteiger partial charge in [-0.2, -0.15) is 0 Å². The van der Waals surface area contributed by atoms with Gasteiger partial charge in [-0.15, -0.1) is 0 Å². The molecule has 1 aromatic heterocycles. The molecule has 2 rings (SSSR count). The van der Waals surface area contributed by atoms with Crippen LogP contribution in [0.2, 0.25) is 0 Å². The van der Waals surface area contributed by atoms with Crippen LogP contribution in [-0.4, -0.2) is 23.8 Å². The SMILES string of the molecule is CNC(=O)C(NC(=O)c1ccc(C)nc1)c1ccc(F)c(F)c1. The van der Waals surface area contributed by atoms with E-state index in [0.29, 0.717) is 0 Å². The zero-order chi connectivity index (χ0) is 17.0. The first kappa shape index (κ1) is 16.5. The minimum Gasteiger partial charge on any atom is -0.357 e. The van der Waals surface area contributed by atoms with Crippen LogP contribution in [0.15, 0.2) is 36.5 Å². The first-order valence-electron chi connectivity index (χ1n) is 6.82. The third kappa shape index (κ3) is 3.88. The fraction of sp³-hybridized carbons (Fsp3) is 0.188. The molecule has 0 bridgehead atoms. The van der Waals surface area contributed by atoms with Gasteiger partial charge in [-0.1, -0.05) is 6.07 Å². The predicted octanol–water partition coefficient (Wildman–Crippen LogP) is 1.89. The summed E-state index contributed by atoms with van der Waals surface area (Å²) in [6.45, 7) is 1.77. The molecular weight excluding hydrogens is 304 g/mol. The Morgan fingerprint density at radius 1 is 1.13 bits per heavy atom. The van der Waals surface area contributed by atoms with Gasteiger partial charge in [0, 0.05) is 18.9 Å². The second-order valence-electron chi connectivity index (χ2n) is 4.88. The highest BCUT2D eigenvalue weighted by Gasteiger charge is 2.23. The van der Waals surface area contributed by atoms with Crippen LogP contribution in [0.1, 0.15) is 27.7 Å². The number of carbonyl (C=O) groups is 2. The molecule has 0 fully saturated rings. The number of nitrogens with one attached hydrogen (secondary N) is 2. The Morgan fingerprint density at radius 2 is 1.87 bits per heavy atom. The number of hydrogen-bond donors (Lipinski definition) is 2. The smallest absolute Gasteiger partial charge is 0.253 e.